The van der Waals surface area contributed by atoms with Gasteiger partial charge in [0.15, 0.2) is 0 Å². The summed E-state index contributed by atoms with van der Waals surface area (Å²) < 4.78 is 21.0. The number of amides is 1. The van der Waals surface area contributed by atoms with Crippen LogP contribution in [0.5, 0.6) is 5.75 Å². The van der Waals surface area contributed by atoms with E-state index < -0.39 is 11.4 Å². The molecular weight excluding hydrogens is 487 g/mol. The molecule has 10 nitrogen and oxygen atoms in total. The van der Waals surface area contributed by atoms with Crippen molar-refractivity contribution in [2.45, 2.75) is 30.8 Å². The number of nitriles is 1. The zero-order valence-electron chi connectivity index (χ0n) is 21.0. The number of aromatic nitrogens is 5. The van der Waals surface area contributed by atoms with Gasteiger partial charge in [-0.2, -0.15) is 10.4 Å². The third-order valence-electron chi connectivity index (χ3n) is 7.76. The lowest BCUT2D eigenvalue weighted by Crippen LogP contribution is -2.66. The third kappa shape index (κ3) is 4.07. The zero-order chi connectivity index (χ0) is 26.3. The topological polar surface area (TPSA) is 116 Å². The van der Waals surface area contributed by atoms with E-state index in [2.05, 4.69) is 31.0 Å². The number of likely N-dealkylation sites (tertiary alicyclic amines) is 2. The van der Waals surface area contributed by atoms with Gasteiger partial charge in [-0.15, -0.1) is 0 Å². The van der Waals surface area contributed by atoms with Crippen LogP contribution in [0.15, 0.2) is 49.2 Å². The Morgan fingerprint density at radius 2 is 2.08 bits per heavy atom. The van der Waals surface area contributed by atoms with Crippen molar-refractivity contribution in [3.8, 4) is 23.1 Å². The summed E-state index contributed by atoms with van der Waals surface area (Å²) in [5.74, 6) is -0.301. The van der Waals surface area contributed by atoms with Crippen molar-refractivity contribution >= 4 is 16.9 Å². The SMILES string of the molecule is COc1ccc(F)cc1C(=O)N1CCC(N2CC(CC#N)(n3cc(-c4ncnc5[nH]ccc45)cn3)C2)CC1. The Bertz CT molecular complexity index is 1530. The van der Waals surface area contributed by atoms with Crippen molar-refractivity contribution in [2.75, 3.05) is 33.3 Å². The Kier molecular flexibility index (Phi) is 6.04. The Balaban J connectivity index is 1.12. The van der Waals surface area contributed by atoms with E-state index in [0.29, 0.717) is 44.4 Å². The van der Waals surface area contributed by atoms with E-state index in [4.69, 9.17) is 4.74 Å². The van der Waals surface area contributed by atoms with Gasteiger partial charge in [0.05, 0.1) is 37.1 Å². The number of H-pyrrole nitrogens is 1. The van der Waals surface area contributed by atoms with Crippen LogP contribution in [0.4, 0.5) is 4.39 Å². The van der Waals surface area contributed by atoms with Crippen LogP contribution in [0.2, 0.25) is 0 Å². The van der Waals surface area contributed by atoms with Gasteiger partial charge in [-0.3, -0.25) is 14.4 Å². The number of nitrogens with zero attached hydrogens (tertiary/aromatic N) is 7. The number of hydrogen-bond donors (Lipinski definition) is 1. The van der Waals surface area contributed by atoms with Crippen molar-refractivity contribution in [2.24, 2.45) is 0 Å². The highest BCUT2D eigenvalue weighted by atomic mass is 19.1. The Hall–Kier alpha value is -4.30. The average Bonchev–Trinajstić information content (AvgIpc) is 3.60. The Morgan fingerprint density at radius 3 is 2.84 bits per heavy atom. The maximum atomic E-state index is 13.8. The lowest BCUT2D eigenvalue weighted by molar-refractivity contribution is -0.0412. The molecule has 2 aliphatic heterocycles. The van der Waals surface area contributed by atoms with Crippen LogP contribution < -0.4 is 4.74 Å². The fraction of sp³-hybridized carbons (Fsp3) is 0.370. The molecule has 1 aromatic carbocycles. The molecule has 0 spiro atoms. The molecule has 38 heavy (non-hydrogen) atoms. The summed E-state index contributed by atoms with van der Waals surface area (Å²) in [7, 11) is 1.48. The quantitative estimate of drug-likeness (QED) is 0.420. The smallest absolute Gasteiger partial charge is 0.257 e. The van der Waals surface area contributed by atoms with Gasteiger partial charge in [0.1, 0.15) is 29.1 Å². The molecule has 1 N–H and O–H groups in total. The van der Waals surface area contributed by atoms with E-state index in [-0.39, 0.29) is 11.5 Å². The number of carbonyl (C=O) groups excluding carboxylic acids is 1. The molecule has 2 fully saturated rings. The largest absolute Gasteiger partial charge is 0.496 e. The van der Waals surface area contributed by atoms with E-state index in [1.165, 1.54) is 31.6 Å². The molecular formula is C27H27FN8O2. The lowest BCUT2D eigenvalue weighted by Gasteiger charge is -2.53. The highest BCUT2D eigenvalue weighted by Gasteiger charge is 2.48. The van der Waals surface area contributed by atoms with Gasteiger partial charge in [0, 0.05) is 55.6 Å². The van der Waals surface area contributed by atoms with Crippen LogP contribution in [-0.2, 0) is 5.54 Å². The maximum Gasteiger partial charge on any atom is 0.257 e. The number of methoxy groups -OCH3 is 1. The summed E-state index contributed by atoms with van der Waals surface area (Å²) in [6, 6.07) is 8.60. The van der Waals surface area contributed by atoms with Crippen LogP contribution in [0.3, 0.4) is 0 Å². The number of carbonyl (C=O) groups is 1. The Labute approximate surface area is 218 Å². The number of fused-ring (bicyclic) bond motifs is 1. The zero-order valence-corrected chi connectivity index (χ0v) is 21.0. The molecule has 4 aromatic rings. The molecule has 3 aromatic heterocycles. The summed E-state index contributed by atoms with van der Waals surface area (Å²) >= 11 is 0. The molecule has 194 valence electrons. The van der Waals surface area contributed by atoms with Crippen LogP contribution >= 0.6 is 0 Å². The molecule has 5 heterocycles. The second-order valence-electron chi connectivity index (χ2n) is 9.97. The highest BCUT2D eigenvalue weighted by molar-refractivity contribution is 5.97. The molecule has 11 heteroatoms. The van der Waals surface area contributed by atoms with Gasteiger partial charge in [-0.1, -0.05) is 0 Å². The summed E-state index contributed by atoms with van der Waals surface area (Å²) in [5.41, 5.74) is 2.30. The van der Waals surface area contributed by atoms with E-state index in [1.54, 1.807) is 11.1 Å². The fourth-order valence-electron chi connectivity index (χ4n) is 5.71. The second kappa shape index (κ2) is 9.54. The minimum absolute atomic E-state index is 0.215. The monoisotopic (exact) mass is 514 g/mol. The molecule has 2 saturated heterocycles. The van der Waals surface area contributed by atoms with Crippen molar-refractivity contribution < 1.29 is 13.9 Å². The van der Waals surface area contributed by atoms with Gasteiger partial charge >= 0.3 is 0 Å². The van der Waals surface area contributed by atoms with Crippen molar-refractivity contribution in [1.29, 1.82) is 5.26 Å². The summed E-state index contributed by atoms with van der Waals surface area (Å²) in [4.78, 5) is 29.0. The van der Waals surface area contributed by atoms with Gasteiger partial charge in [0.2, 0.25) is 0 Å². The van der Waals surface area contributed by atoms with Crippen LogP contribution in [0.25, 0.3) is 22.3 Å². The standard InChI is InChI=1S/C27H27FN8O2/c1-38-23-3-2-19(28)12-22(23)26(37)34-10-5-20(6-11-34)35-15-27(16-35,7-8-29)36-14-18(13-33-36)24-21-4-9-30-25(21)32-17-31-24/h2-4,9,12-14,17,20H,5-7,10-11,15-16H2,1H3,(H,30,31,32). The first kappa shape index (κ1) is 24.1. The molecule has 0 atom stereocenters. The number of nitrogens with one attached hydrogen (secondary N) is 1. The molecule has 0 bridgehead atoms. The number of rotatable bonds is 6. The molecule has 0 aliphatic carbocycles. The van der Waals surface area contributed by atoms with Crippen molar-refractivity contribution in [1.82, 2.24) is 34.5 Å². The van der Waals surface area contributed by atoms with Crippen LogP contribution in [0.1, 0.15) is 29.6 Å². The summed E-state index contributed by atoms with van der Waals surface area (Å²) in [5, 5.41) is 15.2. The van der Waals surface area contributed by atoms with Gasteiger partial charge < -0.3 is 14.6 Å². The number of halogens is 1. The predicted molar refractivity (Wildman–Crippen MR) is 137 cm³/mol. The maximum absolute atomic E-state index is 13.8. The van der Waals surface area contributed by atoms with E-state index >= 15 is 0 Å². The van der Waals surface area contributed by atoms with Gasteiger partial charge in [-0.25, -0.2) is 14.4 Å². The summed E-state index contributed by atoms with van der Waals surface area (Å²) in [6.07, 6.45) is 9.10. The van der Waals surface area contributed by atoms with Crippen molar-refractivity contribution in [3.63, 3.8) is 0 Å². The van der Waals surface area contributed by atoms with Crippen LogP contribution in [-0.4, -0.2) is 79.8 Å². The van der Waals surface area contributed by atoms with E-state index in [0.717, 1.165) is 35.1 Å². The van der Waals surface area contributed by atoms with E-state index in [9.17, 15) is 14.4 Å². The number of hydrogen-bond acceptors (Lipinski definition) is 7. The van der Waals surface area contributed by atoms with Gasteiger partial charge in [0.25, 0.3) is 5.91 Å². The summed E-state index contributed by atoms with van der Waals surface area (Å²) in [6.45, 7) is 2.58. The van der Waals surface area contributed by atoms with Crippen LogP contribution in [0, 0.1) is 17.1 Å². The predicted octanol–water partition coefficient (Wildman–Crippen LogP) is 3.20. The minimum atomic E-state index is -0.461. The first-order valence-electron chi connectivity index (χ1n) is 12.6. The number of piperidine rings is 1. The Morgan fingerprint density at radius 1 is 1.26 bits per heavy atom. The number of aromatic amines is 1. The molecule has 0 unspecified atom stereocenters. The first-order valence-corrected chi connectivity index (χ1v) is 12.6. The molecule has 2 aliphatic rings. The first-order chi connectivity index (χ1) is 18.5. The fourth-order valence-corrected chi connectivity index (χ4v) is 5.71. The minimum Gasteiger partial charge on any atom is -0.496 e. The molecule has 0 radical (unpaired) electrons. The number of benzene rings is 1. The normalized spacial score (nSPS) is 17.8. The second-order valence-corrected chi connectivity index (χ2v) is 9.97. The highest BCUT2D eigenvalue weighted by Crippen LogP contribution is 2.37. The molecule has 6 rings (SSSR count). The molecule has 1 amide bonds. The van der Waals surface area contributed by atoms with Gasteiger partial charge in [-0.05, 0) is 37.1 Å². The lowest BCUT2D eigenvalue weighted by atomic mass is 9.83. The van der Waals surface area contributed by atoms with E-state index in [1.807, 2.05) is 23.1 Å². The number of ether oxygens (including phenoxy) is 1. The third-order valence-corrected chi connectivity index (χ3v) is 7.76. The average molecular weight is 515 g/mol. The van der Waals surface area contributed by atoms with Crippen molar-refractivity contribution in [3.05, 3.63) is 60.6 Å². The molecule has 0 saturated carbocycles.